The van der Waals surface area contributed by atoms with Crippen LogP contribution in [-0.2, 0) is 14.9 Å². The van der Waals surface area contributed by atoms with Gasteiger partial charge >= 0.3 is 5.97 Å². The Balaban J connectivity index is 3.25. The average molecular weight is 221 g/mol. The third-order valence-corrected chi connectivity index (χ3v) is 2.47. The molecule has 3 nitrogen and oxygen atoms in total. The standard InChI is InChI=1S/C12H12FNO2/c1-12(2,11(15)16-3)9-5-4-8(7-14)6-10(9)13/h4-6H,1-3H3. The van der Waals surface area contributed by atoms with Gasteiger partial charge in [0.15, 0.2) is 0 Å². The summed E-state index contributed by atoms with van der Waals surface area (Å²) in [5.74, 6) is -1.09. The van der Waals surface area contributed by atoms with Gasteiger partial charge in [0, 0.05) is 5.56 Å². The first-order chi connectivity index (χ1) is 7.43. The maximum absolute atomic E-state index is 13.7. The highest BCUT2D eigenvalue weighted by Gasteiger charge is 2.33. The summed E-state index contributed by atoms with van der Waals surface area (Å²) < 4.78 is 18.3. The third-order valence-electron chi connectivity index (χ3n) is 2.47. The van der Waals surface area contributed by atoms with Crippen LogP contribution in [0, 0.1) is 17.1 Å². The van der Waals surface area contributed by atoms with Gasteiger partial charge in [-0.3, -0.25) is 4.79 Å². The van der Waals surface area contributed by atoms with E-state index < -0.39 is 17.2 Å². The van der Waals surface area contributed by atoms with E-state index in [9.17, 15) is 9.18 Å². The molecule has 0 aliphatic heterocycles. The van der Waals surface area contributed by atoms with E-state index in [2.05, 4.69) is 4.74 Å². The van der Waals surface area contributed by atoms with Crippen molar-refractivity contribution < 1.29 is 13.9 Å². The van der Waals surface area contributed by atoms with E-state index >= 15 is 0 Å². The van der Waals surface area contributed by atoms with Crippen LogP contribution < -0.4 is 0 Å². The molecule has 4 heteroatoms. The van der Waals surface area contributed by atoms with Crippen molar-refractivity contribution in [2.45, 2.75) is 19.3 Å². The zero-order valence-electron chi connectivity index (χ0n) is 9.37. The SMILES string of the molecule is COC(=O)C(C)(C)c1ccc(C#N)cc1F. The summed E-state index contributed by atoms with van der Waals surface area (Å²) in [7, 11) is 1.26. The Bertz CT molecular complexity index is 461. The van der Waals surface area contributed by atoms with Crippen LogP contribution in [0.3, 0.4) is 0 Å². The Hall–Kier alpha value is -1.89. The first-order valence-electron chi connectivity index (χ1n) is 4.72. The summed E-state index contributed by atoms with van der Waals surface area (Å²) in [6.45, 7) is 3.15. The highest BCUT2D eigenvalue weighted by atomic mass is 19.1. The van der Waals surface area contributed by atoms with Crippen LogP contribution in [0.25, 0.3) is 0 Å². The van der Waals surface area contributed by atoms with Gasteiger partial charge in [-0.15, -0.1) is 0 Å². The number of ether oxygens (including phenoxy) is 1. The number of carbonyl (C=O) groups is 1. The summed E-state index contributed by atoms with van der Waals surface area (Å²) in [6, 6.07) is 5.86. The lowest BCUT2D eigenvalue weighted by Gasteiger charge is -2.22. The van der Waals surface area contributed by atoms with Gasteiger partial charge in [-0.2, -0.15) is 5.26 Å². The molecule has 0 N–H and O–H groups in total. The molecule has 0 aromatic heterocycles. The minimum Gasteiger partial charge on any atom is -0.468 e. The van der Waals surface area contributed by atoms with Crippen molar-refractivity contribution in [3.05, 3.63) is 35.1 Å². The molecule has 0 radical (unpaired) electrons. The van der Waals surface area contributed by atoms with E-state index in [1.165, 1.54) is 19.2 Å². The van der Waals surface area contributed by atoms with Crippen molar-refractivity contribution in [3.8, 4) is 6.07 Å². The predicted octanol–water partition coefficient (Wildman–Crippen LogP) is 2.15. The maximum atomic E-state index is 13.7. The Morgan fingerprint density at radius 2 is 2.12 bits per heavy atom. The van der Waals surface area contributed by atoms with Gasteiger partial charge < -0.3 is 4.74 Å². The lowest BCUT2D eigenvalue weighted by atomic mass is 9.84. The Labute approximate surface area is 93.5 Å². The first kappa shape index (κ1) is 12.2. The summed E-state index contributed by atoms with van der Waals surface area (Å²) in [5, 5.41) is 8.60. The van der Waals surface area contributed by atoms with E-state index in [0.717, 1.165) is 6.07 Å². The summed E-state index contributed by atoms with van der Waals surface area (Å²) in [5.41, 5.74) is -0.618. The molecule has 84 valence electrons. The van der Waals surface area contributed by atoms with E-state index in [4.69, 9.17) is 5.26 Å². The Kier molecular flexibility index (Phi) is 3.28. The monoisotopic (exact) mass is 221 g/mol. The Morgan fingerprint density at radius 3 is 2.56 bits per heavy atom. The van der Waals surface area contributed by atoms with Gasteiger partial charge in [0.1, 0.15) is 5.82 Å². The van der Waals surface area contributed by atoms with Gasteiger partial charge in [0.05, 0.1) is 24.2 Å². The van der Waals surface area contributed by atoms with Crippen LogP contribution in [0.2, 0.25) is 0 Å². The number of benzene rings is 1. The van der Waals surface area contributed by atoms with Crippen molar-refractivity contribution in [3.63, 3.8) is 0 Å². The predicted molar refractivity (Wildman–Crippen MR) is 56.2 cm³/mol. The fourth-order valence-electron chi connectivity index (χ4n) is 1.46. The zero-order valence-corrected chi connectivity index (χ0v) is 9.37. The van der Waals surface area contributed by atoms with Crippen molar-refractivity contribution in [1.29, 1.82) is 5.26 Å². The number of halogens is 1. The van der Waals surface area contributed by atoms with Crippen molar-refractivity contribution in [2.24, 2.45) is 0 Å². The molecule has 0 saturated heterocycles. The van der Waals surface area contributed by atoms with Gasteiger partial charge in [-0.1, -0.05) is 6.07 Å². The average Bonchev–Trinajstić information content (AvgIpc) is 2.27. The summed E-state index contributed by atoms with van der Waals surface area (Å²) >= 11 is 0. The summed E-state index contributed by atoms with van der Waals surface area (Å²) in [4.78, 5) is 11.5. The van der Waals surface area contributed by atoms with Crippen LogP contribution in [0.4, 0.5) is 4.39 Å². The van der Waals surface area contributed by atoms with Crippen LogP contribution in [0.15, 0.2) is 18.2 Å². The summed E-state index contributed by atoms with van der Waals surface area (Å²) in [6.07, 6.45) is 0. The molecule has 0 amide bonds. The Morgan fingerprint density at radius 1 is 1.50 bits per heavy atom. The largest absolute Gasteiger partial charge is 0.468 e. The third kappa shape index (κ3) is 2.03. The van der Waals surface area contributed by atoms with E-state index in [-0.39, 0.29) is 11.1 Å². The van der Waals surface area contributed by atoms with Crippen molar-refractivity contribution in [2.75, 3.05) is 7.11 Å². The molecule has 0 aliphatic carbocycles. The molecule has 0 spiro atoms. The number of carbonyl (C=O) groups excluding carboxylic acids is 1. The highest BCUT2D eigenvalue weighted by molar-refractivity contribution is 5.82. The molecule has 0 saturated carbocycles. The van der Waals surface area contributed by atoms with Crippen LogP contribution in [0.1, 0.15) is 25.0 Å². The minimum absolute atomic E-state index is 0.221. The second kappa shape index (κ2) is 4.31. The second-order valence-electron chi connectivity index (χ2n) is 3.92. The van der Waals surface area contributed by atoms with Gasteiger partial charge in [0.25, 0.3) is 0 Å². The van der Waals surface area contributed by atoms with Gasteiger partial charge in [0.2, 0.25) is 0 Å². The normalized spacial score (nSPS) is 10.7. The fourth-order valence-corrected chi connectivity index (χ4v) is 1.46. The lowest BCUT2D eigenvalue weighted by Crippen LogP contribution is -2.31. The number of methoxy groups -OCH3 is 1. The van der Waals surface area contributed by atoms with Crippen molar-refractivity contribution >= 4 is 5.97 Å². The molecule has 1 aromatic rings. The van der Waals surface area contributed by atoms with Crippen LogP contribution in [-0.4, -0.2) is 13.1 Å². The highest BCUT2D eigenvalue weighted by Crippen LogP contribution is 2.27. The number of hydrogen-bond donors (Lipinski definition) is 0. The molecular weight excluding hydrogens is 209 g/mol. The molecule has 0 fully saturated rings. The van der Waals surface area contributed by atoms with E-state index in [1.807, 2.05) is 6.07 Å². The van der Waals surface area contributed by atoms with Gasteiger partial charge in [-0.05, 0) is 26.0 Å². The van der Waals surface area contributed by atoms with Crippen LogP contribution in [0.5, 0.6) is 0 Å². The smallest absolute Gasteiger partial charge is 0.315 e. The second-order valence-corrected chi connectivity index (χ2v) is 3.92. The van der Waals surface area contributed by atoms with E-state index in [1.54, 1.807) is 13.8 Å². The lowest BCUT2D eigenvalue weighted by molar-refractivity contribution is -0.146. The topological polar surface area (TPSA) is 50.1 Å². The molecule has 1 rings (SSSR count). The van der Waals surface area contributed by atoms with Gasteiger partial charge in [-0.25, -0.2) is 4.39 Å². The molecule has 0 atom stereocenters. The molecule has 0 unspecified atom stereocenters. The molecule has 1 aromatic carbocycles. The molecule has 16 heavy (non-hydrogen) atoms. The zero-order chi connectivity index (χ0) is 12.3. The number of esters is 1. The molecular formula is C12H12FNO2. The fraction of sp³-hybridized carbons (Fsp3) is 0.333. The quantitative estimate of drug-likeness (QED) is 0.719. The molecule has 0 aliphatic rings. The van der Waals surface area contributed by atoms with Crippen LogP contribution >= 0.6 is 0 Å². The minimum atomic E-state index is -1.06. The molecule has 0 heterocycles. The number of hydrogen-bond acceptors (Lipinski definition) is 3. The first-order valence-corrected chi connectivity index (χ1v) is 4.72. The van der Waals surface area contributed by atoms with Crippen molar-refractivity contribution in [1.82, 2.24) is 0 Å². The van der Waals surface area contributed by atoms with E-state index in [0.29, 0.717) is 0 Å². The number of nitrogens with zero attached hydrogens (tertiary/aromatic N) is 1. The number of nitriles is 1. The number of rotatable bonds is 2. The maximum Gasteiger partial charge on any atom is 0.315 e. The molecule has 0 bridgehead atoms.